The number of aliphatic carboxylic acids is 1. The van der Waals surface area contributed by atoms with Gasteiger partial charge in [0.15, 0.2) is 0 Å². The number of hydrogen-bond donors (Lipinski definition) is 2. The number of fused-ring (bicyclic) bond motifs is 1. The van der Waals surface area contributed by atoms with Crippen molar-refractivity contribution in [3.63, 3.8) is 0 Å². The standard InChI is InChI=1S/C25H22FNO4/c1-15-13-31-25-20(15)9-16(10-21(25)19-7-4-6-18(12-27)24(19)26)14-30-22-8-3-2-5-17(22)11-23(28)29/h2-10,13H,11-12,14,27H2,1H3,(H,28,29). The van der Waals surface area contributed by atoms with Crippen LogP contribution in [0.2, 0.25) is 0 Å². The molecular weight excluding hydrogens is 397 g/mol. The number of furan rings is 1. The van der Waals surface area contributed by atoms with Gasteiger partial charge in [-0.3, -0.25) is 4.79 Å². The van der Waals surface area contributed by atoms with Crippen LogP contribution < -0.4 is 10.5 Å². The second-order valence-electron chi connectivity index (χ2n) is 7.39. The topological polar surface area (TPSA) is 85.7 Å². The van der Waals surface area contributed by atoms with Gasteiger partial charge < -0.3 is 20.0 Å². The molecular formula is C25H22FNO4. The number of carbonyl (C=O) groups is 1. The van der Waals surface area contributed by atoms with E-state index < -0.39 is 5.97 Å². The molecule has 31 heavy (non-hydrogen) atoms. The Balaban J connectivity index is 1.74. The molecule has 0 aliphatic heterocycles. The third-order valence-electron chi connectivity index (χ3n) is 5.22. The number of halogens is 1. The fourth-order valence-electron chi connectivity index (χ4n) is 3.66. The minimum atomic E-state index is -0.927. The van der Waals surface area contributed by atoms with Crippen LogP contribution in [0, 0.1) is 12.7 Å². The zero-order valence-corrected chi connectivity index (χ0v) is 17.0. The molecule has 0 saturated carbocycles. The third kappa shape index (κ3) is 4.15. The largest absolute Gasteiger partial charge is 0.489 e. The van der Waals surface area contributed by atoms with Crippen LogP contribution in [0.15, 0.2) is 65.3 Å². The normalized spacial score (nSPS) is 11.1. The van der Waals surface area contributed by atoms with Gasteiger partial charge in [0.2, 0.25) is 0 Å². The van der Waals surface area contributed by atoms with Gasteiger partial charge in [0.05, 0.1) is 12.7 Å². The van der Waals surface area contributed by atoms with Crippen LogP contribution in [0.1, 0.15) is 22.3 Å². The summed E-state index contributed by atoms with van der Waals surface area (Å²) < 4.78 is 26.7. The Bertz CT molecular complexity index is 1260. The molecule has 4 rings (SSSR count). The van der Waals surface area contributed by atoms with Crippen LogP contribution in [0.5, 0.6) is 5.75 Å². The quantitative estimate of drug-likeness (QED) is 0.429. The van der Waals surface area contributed by atoms with E-state index in [1.807, 2.05) is 19.1 Å². The summed E-state index contributed by atoms with van der Waals surface area (Å²) in [5.74, 6) is -0.791. The van der Waals surface area contributed by atoms with Crippen LogP contribution in [-0.4, -0.2) is 11.1 Å². The highest BCUT2D eigenvalue weighted by Gasteiger charge is 2.17. The molecule has 1 aromatic heterocycles. The lowest BCUT2D eigenvalue weighted by Gasteiger charge is -2.13. The first-order valence-electron chi connectivity index (χ1n) is 9.89. The molecule has 6 heteroatoms. The highest BCUT2D eigenvalue weighted by atomic mass is 19.1. The molecule has 0 unspecified atom stereocenters. The molecule has 0 bridgehead atoms. The molecule has 5 nitrogen and oxygen atoms in total. The van der Waals surface area contributed by atoms with Crippen LogP contribution in [0.3, 0.4) is 0 Å². The zero-order valence-electron chi connectivity index (χ0n) is 17.0. The van der Waals surface area contributed by atoms with Gasteiger partial charge in [-0.25, -0.2) is 4.39 Å². The maximum Gasteiger partial charge on any atom is 0.307 e. The van der Waals surface area contributed by atoms with Crippen molar-refractivity contribution in [2.75, 3.05) is 0 Å². The summed E-state index contributed by atoms with van der Waals surface area (Å²) in [6, 6.07) is 16.0. The van der Waals surface area contributed by atoms with Gasteiger partial charge in [-0.15, -0.1) is 0 Å². The van der Waals surface area contributed by atoms with Crippen LogP contribution in [0.25, 0.3) is 22.1 Å². The highest BCUT2D eigenvalue weighted by molar-refractivity contribution is 5.95. The lowest BCUT2D eigenvalue weighted by molar-refractivity contribution is -0.136. The van der Waals surface area contributed by atoms with E-state index in [4.69, 9.17) is 20.0 Å². The smallest absolute Gasteiger partial charge is 0.307 e. The lowest BCUT2D eigenvalue weighted by Crippen LogP contribution is -2.04. The Kier molecular flexibility index (Phi) is 5.73. The number of carboxylic acid groups (broad SMARTS) is 1. The van der Waals surface area contributed by atoms with E-state index in [2.05, 4.69) is 0 Å². The summed E-state index contributed by atoms with van der Waals surface area (Å²) in [5.41, 5.74) is 10.1. The SMILES string of the molecule is Cc1coc2c(-c3cccc(CN)c3F)cc(COc3ccccc3CC(=O)O)cc12. The molecule has 0 fully saturated rings. The van der Waals surface area contributed by atoms with Gasteiger partial charge in [-0.05, 0) is 36.2 Å². The van der Waals surface area contributed by atoms with Gasteiger partial charge >= 0.3 is 5.97 Å². The summed E-state index contributed by atoms with van der Waals surface area (Å²) in [4.78, 5) is 11.1. The van der Waals surface area contributed by atoms with Crippen molar-refractivity contribution in [2.45, 2.75) is 26.5 Å². The van der Waals surface area contributed by atoms with E-state index in [9.17, 15) is 4.79 Å². The van der Waals surface area contributed by atoms with E-state index >= 15 is 4.39 Å². The van der Waals surface area contributed by atoms with Crippen LogP contribution in [0.4, 0.5) is 4.39 Å². The average molecular weight is 419 g/mol. The Labute approximate surface area is 178 Å². The van der Waals surface area contributed by atoms with Gasteiger partial charge in [0.25, 0.3) is 0 Å². The summed E-state index contributed by atoms with van der Waals surface area (Å²) in [6.45, 7) is 2.22. The van der Waals surface area contributed by atoms with Gasteiger partial charge in [-0.1, -0.05) is 36.4 Å². The Morgan fingerprint density at radius 2 is 1.87 bits per heavy atom. The average Bonchev–Trinajstić information content (AvgIpc) is 3.13. The first-order chi connectivity index (χ1) is 15.0. The summed E-state index contributed by atoms with van der Waals surface area (Å²) in [7, 11) is 0. The van der Waals surface area contributed by atoms with Crippen LogP contribution in [-0.2, 0) is 24.4 Å². The number of carboxylic acids is 1. The first-order valence-corrected chi connectivity index (χ1v) is 9.89. The predicted molar refractivity (Wildman–Crippen MR) is 116 cm³/mol. The minimum Gasteiger partial charge on any atom is -0.489 e. The predicted octanol–water partition coefficient (Wildman–Crippen LogP) is 5.21. The van der Waals surface area contributed by atoms with E-state index in [0.717, 1.165) is 16.5 Å². The van der Waals surface area contributed by atoms with Crippen molar-refractivity contribution in [1.29, 1.82) is 0 Å². The van der Waals surface area contributed by atoms with Crippen molar-refractivity contribution < 1.29 is 23.4 Å². The molecule has 0 saturated heterocycles. The van der Waals surface area contributed by atoms with Crippen molar-refractivity contribution in [3.8, 4) is 16.9 Å². The number of aryl methyl sites for hydroxylation is 1. The fraction of sp³-hybridized carbons (Fsp3) is 0.160. The fourth-order valence-corrected chi connectivity index (χ4v) is 3.66. The number of para-hydroxylation sites is 1. The summed E-state index contributed by atoms with van der Waals surface area (Å²) in [6.07, 6.45) is 1.52. The van der Waals surface area contributed by atoms with Crippen molar-refractivity contribution in [3.05, 3.63) is 88.9 Å². The number of hydrogen-bond acceptors (Lipinski definition) is 4. The molecule has 0 radical (unpaired) electrons. The highest BCUT2D eigenvalue weighted by Crippen LogP contribution is 2.35. The molecule has 0 spiro atoms. The van der Waals surface area contributed by atoms with E-state index in [1.165, 1.54) is 0 Å². The Morgan fingerprint density at radius 3 is 2.65 bits per heavy atom. The number of rotatable bonds is 7. The maximum atomic E-state index is 15.0. The first kappa shape index (κ1) is 20.6. The van der Waals surface area contributed by atoms with Crippen molar-refractivity contribution in [2.24, 2.45) is 5.73 Å². The molecule has 1 heterocycles. The number of benzene rings is 3. The summed E-state index contributed by atoms with van der Waals surface area (Å²) >= 11 is 0. The van der Waals surface area contributed by atoms with Crippen molar-refractivity contribution in [1.82, 2.24) is 0 Å². The molecule has 0 aliphatic rings. The second kappa shape index (κ2) is 8.62. The van der Waals surface area contributed by atoms with Crippen LogP contribution >= 0.6 is 0 Å². The Morgan fingerprint density at radius 1 is 1.10 bits per heavy atom. The monoisotopic (exact) mass is 419 g/mol. The molecule has 158 valence electrons. The Hall–Kier alpha value is -3.64. The molecule has 3 aromatic carbocycles. The second-order valence-corrected chi connectivity index (χ2v) is 7.39. The van der Waals surface area contributed by atoms with E-state index in [1.54, 1.807) is 48.7 Å². The van der Waals surface area contributed by atoms with Crippen molar-refractivity contribution >= 4 is 16.9 Å². The van der Waals surface area contributed by atoms with Gasteiger partial charge in [-0.2, -0.15) is 0 Å². The number of ether oxygens (including phenoxy) is 1. The third-order valence-corrected chi connectivity index (χ3v) is 5.22. The van der Waals surface area contributed by atoms with E-state index in [0.29, 0.717) is 33.6 Å². The molecule has 0 amide bonds. The summed E-state index contributed by atoms with van der Waals surface area (Å²) in [5, 5.41) is 9.99. The minimum absolute atomic E-state index is 0.100. The zero-order chi connectivity index (χ0) is 22.0. The maximum absolute atomic E-state index is 15.0. The number of nitrogens with two attached hydrogens (primary N) is 1. The molecule has 0 aliphatic carbocycles. The van der Waals surface area contributed by atoms with Gasteiger partial charge in [0.1, 0.15) is 23.8 Å². The van der Waals surface area contributed by atoms with Gasteiger partial charge in [0, 0.05) is 34.2 Å². The molecule has 3 N–H and O–H groups in total. The molecule has 0 atom stereocenters. The lowest BCUT2D eigenvalue weighted by atomic mass is 9.97. The molecule has 4 aromatic rings. The van der Waals surface area contributed by atoms with E-state index in [-0.39, 0.29) is 25.4 Å².